The lowest BCUT2D eigenvalue weighted by Crippen LogP contribution is -2.55. The number of nitrogens with zero attached hydrogens (tertiary/aromatic N) is 2. The molecule has 0 radical (unpaired) electrons. The summed E-state index contributed by atoms with van der Waals surface area (Å²) in [5.74, 6) is 2.89. The third-order valence-electron chi connectivity index (χ3n) is 11.5. The second-order valence-corrected chi connectivity index (χ2v) is 14.3. The molecule has 1 aromatic carbocycles. The maximum absolute atomic E-state index is 12.7. The average molecular weight is 551 g/mol. The van der Waals surface area contributed by atoms with E-state index in [0.717, 1.165) is 64.6 Å². The highest BCUT2D eigenvalue weighted by Crippen LogP contribution is 2.52. The molecule has 4 rings (SSSR count). The summed E-state index contributed by atoms with van der Waals surface area (Å²) in [5, 5.41) is 0. The van der Waals surface area contributed by atoms with Crippen molar-refractivity contribution in [3.8, 4) is 0 Å². The zero-order chi connectivity index (χ0) is 28.6. The molecular weight excluding hydrogens is 492 g/mol. The molecule has 4 heteroatoms. The van der Waals surface area contributed by atoms with Crippen LogP contribution < -0.4 is 0 Å². The number of likely N-dealkylation sites (tertiary alicyclic amines) is 1. The summed E-state index contributed by atoms with van der Waals surface area (Å²) in [4.78, 5) is 29.7. The molecule has 2 saturated carbocycles. The Hall–Kier alpha value is -1.84. The quantitative estimate of drug-likeness (QED) is 0.206. The van der Waals surface area contributed by atoms with E-state index in [1.165, 1.54) is 56.9 Å². The van der Waals surface area contributed by atoms with Crippen LogP contribution in [0.5, 0.6) is 0 Å². The van der Waals surface area contributed by atoms with Crippen LogP contribution in [0.15, 0.2) is 30.3 Å². The van der Waals surface area contributed by atoms with Crippen LogP contribution in [0.4, 0.5) is 0 Å². The minimum absolute atomic E-state index is 0.0111. The molecule has 40 heavy (non-hydrogen) atoms. The van der Waals surface area contributed by atoms with Gasteiger partial charge < -0.3 is 9.80 Å². The molecule has 1 saturated heterocycles. The maximum atomic E-state index is 12.7. The second kappa shape index (κ2) is 14.4. The molecule has 3 atom stereocenters. The van der Waals surface area contributed by atoms with Gasteiger partial charge in [0.05, 0.1) is 0 Å². The van der Waals surface area contributed by atoms with Gasteiger partial charge in [-0.1, -0.05) is 90.1 Å². The number of hydrogen-bond donors (Lipinski definition) is 0. The standard InChI is InChI=1S/C36H58N2O2/c1-5-11-31(4)36(33-15-7-6-8-16-33)23-21-35(22-24-36,38(28-39)27-32-13-9-14-32)20-10-12-29(2)17-18-34(40)37-25-19-30(3)26-37/h6-8,15-16,28-32H,5,9-14,17-27H2,1-4H3/t29?,30-,31?,35-,36-/m1/s1. The van der Waals surface area contributed by atoms with Gasteiger partial charge in [0.1, 0.15) is 0 Å². The first kappa shape index (κ1) is 31.1. The molecule has 0 bridgehead atoms. The van der Waals surface area contributed by atoms with Gasteiger partial charge in [0.2, 0.25) is 12.3 Å². The Kier molecular flexibility index (Phi) is 11.2. The van der Waals surface area contributed by atoms with Crippen molar-refractivity contribution in [1.82, 2.24) is 9.80 Å². The van der Waals surface area contributed by atoms with E-state index in [-0.39, 0.29) is 11.0 Å². The van der Waals surface area contributed by atoms with Crippen molar-refractivity contribution in [2.24, 2.45) is 23.7 Å². The Bertz CT molecular complexity index is 918. The fourth-order valence-corrected chi connectivity index (χ4v) is 8.30. The molecule has 1 aliphatic heterocycles. The Balaban J connectivity index is 1.41. The van der Waals surface area contributed by atoms with Crippen LogP contribution in [0.2, 0.25) is 0 Å². The third kappa shape index (κ3) is 7.32. The van der Waals surface area contributed by atoms with E-state index in [2.05, 4.69) is 67.8 Å². The summed E-state index contributed by atoms with van der Waals surface area (Å²) >= 11 is 0. The largest absolute Gasteiger partial charge is 0.342 e. The van der Waals surface area contributed by atoms with Gasteiger partial charge in [0.25, 0.3) is 0 Å². The lowest BCUT2D eigenvalue weighted by atomic mass is 9.57. The van der Waals surface area contributed by atoms with Gasteiger partial charge in [-0.05, 0) is 92.4 Å². The van der Waals surface area contributed by atoms with Crippen LogP contribution >= 0.6 is 0 Å². The van der Waals surface area contributed by atoms with Crippen molar-refractivity contribution in [1.29, 1.82) is 0 Å². The predicted molar refractivity (Wildman–Crippen MR) is 166 cm³/mol. The fourth-order valence-electron chi connectivity index (χ4n) is 8.30. The van der Waals surface area contributed by atoms with Gasteiger partial charge in [-0.15, -0.1) is 0 Å². The van der Waals surface area contributed by atoms with Crippen LogP contribution in [0.25, 0.3) is 0 Å². The van der Waals surface area contributed by atoms with E-state index in [1.54, 1.807) is 0 Å². The molecule has 3 aliphatic rings. The highest BCUT2D eigenvalue weighted by molar-refractivity contribution is 5.76. The highest BCUT2D eigenvalue weighted by Gasteiger charge is 2.48. The van der Waals surface area contributed by atoms with Gasteiger partial charge in [-0.25, -0.2) is 0 Å². The van der Waals surface area contributed by atoms with E-state index < -0.39 is 0 Å². The number of carbonyl (C=O) groups is 2. The zero-order valence-corrected chi connectivity index (χ0v) is 26.2. The van der Waals surface area contributed by atoms with Crippen molar-refractivity contribution in [2.45, 2.75) is 135 Å². The topological polar surface area (TPSA) is 40.6 Å². The number of hydrogen-bond acceptors (Lipinski definition) is 2. The summed E-state index contributed by atoms with van der Waals surface area (Å²) in [6, 6.07) is 11.3. The van der Waals surface area contributed by atoms with Crippen molar-refractivity contribution < 1.29 is 9.59 Å². The van der Waals surface area contributed by atoms with Crippen molar-refractivity contribution in [3.63, 3.8) is 0 Å². The SMILES string of the molecule is CCCC(C)[C@]1(c2ccccc2)CC[C@](CCCC(C)CCC(=O)N2CC[C@@H](C)C2)(N(C=O)CC2CCC2)CC1. The normalized spacial score (nSPS) is 28.6. The average Bonchev–Trinajstić information content (AvgIpc) is 3.38. The molecule has 2 unspecified atom stereocenters. The van der Waals surface area contributed by atoms with Crippen LogP contribution in [0.1, 0.15) is 130 Å². The summed E-state index contributed by atoms with van der Waals surface area (Å²) < 4.78 is 0. The first-order chi connectivity index (χ1) is 19.3. The van der Waals surface area contributed by atoms with Crippen LogP contribution in [-0.2, 0) is 15.0 Å². The van der Waals surface area contributed by atoms with Gasteiger partial charge in [0.15, 0.2) is 0 Å². The monoisotopic (exact) mass is 550 g/mol. The Morgan fingerprint density at radius 3 is 2.35 bits per heavy atom. The Morgan fingerprint density at radius 1 is 1.05 bits per heavy atom. The van der Waals surface area contributed by atoms with E-state index in [9.17, 15) is 9.59 Å². The molecule has 0 N–H and O–H groups in total. The molecule has 4 nitrogen and oxygen atoms in total. The molecule has 0 spiro atoms. The first-order valence-electron chi connectivity index (χ1n) is 16.9. The maximum Gasteiger partial charge on any atom is 0.222 e. The van der Waals surface area contributed by atoms with Crippen LogP contribution in [-0.4, -0.2) is 47.3 Å². The summed E-state index contributed by atoms with van der Waals surface area (Å²) in [6.07, 6.45) is 18.4. The molecule has 1 aromatic rings. The van der Waals surface area contributed by atoms with Crippen molar-refractivity contribution in [3.05, 3.63) is 35.9 Å². The smallest absolute Gasteiger partial charge is 0.222 e. The van der Waals surface area contributed by atoms with Gasteiger partial charge >= 0.3 is 0 Å². The minimum atomic E-state index is -0.0111. The van der Waals surface area contributed by atoms with Crippen molar-refractivity contribution >= 4 is 12.3 Å². The summed E-state index contributed by atoms with van der Waals surface area (Å²) in [5.41, 5.74) is 1.71. The number of benzene rings is 1. The molecule has 2 amide bonds. The molecule has 3 fully saturated rings. The minimum Gasteiger partial charge on any atom is -0.342 e. The van der Waals surface area contributed by atoms with E-state index in [4.69, 9.17) is 0 Å². The zero-order valence-electron chi connectivity index (χ0n) is 26.2. The fraction of sp³-hybridized carbons (Fsp3) is 0.778. The second-order valence-electron chi connectivity index (χ2n) is 14.3. The lowest BCUT2D eigenvalue weighted by Gasteiger charge is -2.54. The Morgan fingerprint density at radius 2 is 1.77 bits per heavy atom. The van der Waals surface area contributed by atoms with Crippen LogP contribution in [0.3, 0.4) is 0 Å². The lowest BCUT2D eigenvalue weighted by molar-refractivity contribution is -0.131. The summed E-state index contributed by atoms with van der Waals surface area (Å²) in [6.45, 7) is 12.2. The first-order valence-corrected chi connectivity index (χ1v) is 16.9. The number of amides is 2. The van der Waals surface area contributed by atoms with E-state index >= 15 is 0 Å². The van der Waals surface area contributed by atoms with E-state index in [0.29, 0.717) is 36.0 Å². The summed E-state index contributed by atoms with van der Waals surface area (Å²) in [7, 11) is 0. The van der Waals surface area contributed by atoms with Crippen molar-refractivity contribution in [2.75, 3.05) is 19.6 Å². The number of rotatable bonds is 15. The van der Waals surface area contributed by atoms with Crippen LogP contribution in [0, 0.1) is 23.7 Å². The molecule has 224 valence electrons. The Labute approximate surface area is 245 Å². The predicted octanol–water partition coefficient (Wildman–Crippen LogP) is 8.39. The highest BCUT2D eigenvalue weighted by atomic mass is 16.2. The van der Waals surface area contributed by atoms with Gasteiger partial charge in [0, 0.05) is 31.6 Å². The molecule has 2 aliphatic carbocycles. The number of carbonyl (C=O) groups excluding carboxylic acids is 2. The van der Waals surface area contributed by atoms with Gasteiger partial charge in [-0.2, -0.15) is 0 Å². The molecular formula is C36H58N2O2. The third-order valence-corrected chi connectivity index (χ3v) is 11.5. The molecule has 1 heterocycles. The molecule has 0 aromatic heterocycles. The van der Waals surface area contributed by atoms with E-state index in [1.807, 2.05) is 0 Å². The van der Waals surface area contributed by atoms with Gasteiger partial charge in [-0.3, -0.25) is 9.59 Å².